The Kier molecular flexibility index (Phi) is 4.12. The largest absolute Gasteiger partial charge is 0.366 e. The minimum Gasteiger partial charge on any atom is -0.366 e. The minimum absolute atomic E-state index is 0.273. The van der Waals surface area contributed by atoms with E-state index in [2.05, 4.69) is 0 Å². The summed E-state index contributed by atoms with van der Waals surface area (Å²) in [6.07, 6.45) is 0. The zero-order valence-corrected chi connectivity index (χ0v) is 12.9. The third-order valence-electron chi connectivity index (χ3n) is 3.86. The Hall–Kier alpha value is -3.40. The smallest absolute Gasteiger partial charge is 0.249 e. The second kappa shape index (κ2) is 6.38. The normalized spacial score (nSPS) is 10.3. The Morgan fingerprint density at radius 3 is 1.67 bits per heavy atom. The van der Waals surface area contributed by atoms with E-state index in [9.17, 15) is 9.59 Å². The second-order valence-electron chi connectivity index (χ2n) is 5.37. The fraction of sp³-hybridized carbons (Fsp3) is 0. The topological polar surface area (TPSA) is 86.2 Å². The monoisotopic (exact) mass is 316 g/mol. The quantitative estimate of drug-likeness (QED) is 0.774. The maximum absolute atomic E-state index is 12.2. The molecule has 118 valence electrons. The Balaban J connectivity index is 2.40. The van der Waals surface area contributed by atoms with Crippen molar-refractivity contribution in [2.75, 3.05) is 0 Å². The van der Waals surface area contributed by atoms with Crippen LogP contribution in [0.5, 0.6) is 0 Å². The molecule has 0 saturated heterocycles. The van der Waals surface area contributed by atoms with Gasteiger partial charge in [0.15, 0.2) is 0 Å². The van der Waals surface area contributed by atoms with E-state index in [4.69, 9.17) is 11.5 Å². The first-order valence-electron chi connectivity index (χ1n) is 7.47. The van der Waals surface area contributed by atoms with Crippen LogP contribution in [0.2, 0.25) is 0 Å². The lowest BCUT2D eigenvalue weighted by Crippen LogP contribution is -2.19. The Morgan fingerprint density at radius 2 is 1.17 bits per heavy atom. The molecule has 0 radical (unpaired) electrons. The number of hydrogen-bond acceptors (Lipinski definition) is 2. The summed E-state index contributed by atoms with van der Waals surface area (Å²) in [4.78, 5) is 24.1. The number of carbonyl (C=O) groups is 2. The third-order valence-corrected chi connectivity index (χ3v) is 3.86. The van der Waals surface area contributed by atoms with E-state index in [0.29, 0.717) is 16.7 Å². The van der Waals surface area contributed by atoms with Crippen LogP contribution in [-0.2, 0) is 0 Å². The van der Waals surface area contributed by atoms with Gasteiger partial charge in [-0.3, -0.25) is 9.59 Å². The van der Waals surface area contributed by atoms with Crippen molar-refractivity contribution < 1.29 is 9.59 Å². The molecule has 3 rings (SSSR count). The van der Waals surface area contributed by atoms with Gasteiger partial charge in [-0.15, -0.1) is 0 Å². The van der Waals surface area contributed by atoms with Gasteiger partial charge in [-0.25, -0.2) is 0 Å². The van der Waals surface area contributed by atoms with E-state index in [1.807, 2.05) is 60.7 Å². The van der Waals surface area contributed by atoms with Gasteiger partial charge < -0.3 is 11.5 Å². The number of carbonyl (C=O) groups excluding carboxylic acids is 2. The maximum atomic E-state index is 12.2. The number of nitrogens with two attached hydrogens (primary N) is 2. The van der Waals surface area contributed by atoms with Gasteiger partial charge in [0.25, 0.3) is 0 Å². The molecule has 0 heterocycles. The van der Waals surface area contributed by atoms with Crippen LogP contribution >= 0.6 is 0 Å². The van der Waals surface area contributed by atoms with Crippen molar-refractivity contribution in [2.45, 2.75) is 0 Å². The Bertz CT molecular complexity index is 904. The van der Waals surface area contributed by atoms with Crippen LogP contribution in [0.1, 0.15) is 20.7 Å². The lowest BCUT2D eigenvalue weighted by atomic mass is 9.87. The molecule has 24 heavy (non-hydrogen) atoms. The predicted octanol–water partition coefficient (Wildman–Crippen LogP) is 3.22. The molecule has 4 N–H and O–H groups in total. The first-order chi connectivity index (χ1) is 11.6. The first-order valence-corrected chi connectivity index (χ1v) is 7.47. The lowest BCUT2D eigenvalue weighted by molar-refractivity contribution is 0.0999. The van der Waals surface area contributed by atoms with E-state index in [-0.39, 0.29) is 5.56 Å². The highest BCUT2D eigenvalue weighted by atomic mass is 16.1. The van der Waals surface area contributed by atoms with Crippen LogP contribution < -0.4 is 11.5 Å². The summed E-state index contributed by atoms with van der Waals surface area (Å²) in [5.74, 6) is -1.20. The number of hydrogen-bond donors (Lipinski definition) is 2. The van der Waals surface area contributed by atoms with Crippen LogP contribution in [0.25, 0.3) is 22.3 Å². The van der Waals surface area contributed by atoms with E-state index in [1.165, 1.54) is 0 Å². The van der Waals surface area contributed by atoms with Crippen molar-refractivity contribution in [3.63, 3.8) is 0 Å². The molecule has 0 aliphatic heterocycles. The van der Waals surface area contributed by atoms with Crippen molar-refractivity contribution in [3.8, 4) is 22.3 Å². The number of primary amides is 2. The van der Waals surface area contributed by atoms with Gasteiger partial charge in [-0.1, -0.05) is 66.7 Å². The summed E-state index contributed by atoms with van der Waals surface area (Å²) in [6.45, 7) is 0. The number of benzene rings is 3. The van der Waals surface area contributed by atoms with Crippen LogP contribution in [0.3, 0.4) is 0 Å². The molecule has 0 spiro atoms. The number of rotatable bonds is 4. The van der Waals surface area contributed by atoms with E-state index < -0.39 is 11.8 Å². The van der Waals surface area contributed by atoms with Gasteiger partial charge in [0.1, 0.15) is 0 Å². The predicted molar refractivity (Wildman–Crippen MR) is 94.3 cm³/mol. The van der Waals surface area contributed by atoms with Gasteiger partial charge in [-0.05, 0) is 22.8 Å². The summed E-state index contributed by atoms with van der Waals surface area (Å²) in [5.41, 5.74) is 14.5. The van der Waals surface area contributed by atoms with Crippen LogP contribution in [-0.4, -0.2) is 11.8 Å². The molecule has 2 amide bonds. The molecule has 0 fully saturated rings. The van der Waals surface area contributed by atoms with Crippen molar-refractivity contribution in [3.05, 3.63) is 83.9 Å². The molecular weight excluding hydrogens is 300 g/mol. The summed E-state index contributed by atoms with van der Waals surface area (Å²) in [5, 5.41) is 0. The van der Waals surface area contributed by atoms with Crippen molar-refractivity contribution in [1.29, 1.82) is 0 Å². The van der Waals surface area contributed by atoms with Gasteiger partial charge >= 0.3 is 0 Å². The molecule has 3 aromatic carbocycles. The zero-order valence-electron chi connectivity index (χ0n) is 12.9. The highest BCUT2D eigenvalue weighted by Gasteiger charge is 2.22. The summed E-state index contributed by atoms with van der Waals surface area (Å²) < 4.78 is 0. The average Bonchev–Trinajstić information content (AvgIpc) is 2.61. The summed E-state index contributed by atoms with van der Waals surface area (Å²) >= 11 is 0. The van der Waals surface area contributed by atoms with Crippen LogP contribution in [0.4, 0.5) is 0 Å². The van der Waals surface area contributed by atoms with E-state index >= 15 is 0 Å². The zero-order chi connectivity index (χ0) is 17.1. The molecule has 0 atom stereocenters. The fourth-order valence-electron chi connectivity index (χ4n) is 2.83. The van der Waals surface area contributed by atoms with Crippen molar-refractivity contribution in [1.82, 2.24) is 0 Å². The van der Waals surface area contributed by atoms with E-state index in [0.717, 1.165) is 11.1 Å². The standard InChI is InChI=1S/C20H16N2O2/c21-19(23)16-12-11-15(13-7-3-1-4-8-13)18(20(22)24)17(16)14-9-5-2-6-10-14/h1-12H,(H2,21,23)(H2,22,24). The van der Waals surface area contributed by atoms with Crippen molar-refractivity contribution in [2.24, 2.45) is 11.5 Å². The molecule has 0 saturated carbocycles. The molecule has 4 heteroatoms. The van der Waals surface area contributed by atoms with E-state index in [1.54, 1.807) is 12.1 Å². The molecule has 0 aromatic heterocycles. The summed E-state index contributed by atoms with van der Waals surface area (Å²) in [7, 11) is 0. The molecule has 0 bridgehead atoms. The van der Waals surface area contributed by atoms with Gasteiger partial charge in [0.05, 0.1) is 5.56 Å². The molecule has 0 aliphatic carbocycles. The van der Waals surface area contributed by atoms with Crippen LogP contribution in [0, 0.1) is 0 Å². The van der Waals surface area contributed by atoms with Gasteiger partial charge in [0.2, 0.25) is 11.8 Å². The lowest BCUT2D eigenvalue weighted by Gasteiger charge is -2.16. The Morgan fingerprint density at radius 1 is 0.625 bits per heavy atom. The maximum Gasteiger partial charge on any atom is 0.249 e. The fourth-order valence-corrected chi connectivity index (χ4v) is 2.83. The number of amides is 2. The molecule has 0 unspecified atom stereocenters. The summed E-state index contributed by atoms with van der Waals surface area (Å²) in [6, 6.07) is 21.9. The molecule has 3 aromatic rings. The Labute approximate surface area is 139 Å². The van der Waals surface area contributed by atoms with Crippen LogP contribution in [0.15, 0.2) is 72.8 Å². The van der Waals surface area contributed by atoms with Gasteiger partial charge in [0, 0.05) is 11.1 Å². The average molecular weight is 316 g/mol. The molecule has 4 nitrogen and oxygen atoms in total. The second-order valence-corrected chi connectivity index (χ2v) is 5.37. The molecule has 0 aliphatic rings. The highest BCUT2D eigenvalue weighted by Crippen LogP contribution is 2.35. The third kappa shape index (κ3) is 2.77. The minimum atomic E-state index is -0.601. The first kappa shape index (κ1) is 15.5. The van der Waals surface area contributed by atoms with Gasteiger partial charge in [-0.2, -0.15) is 0 Å². The highest BCUT2D eigenvalue weighted by molar-refractivity contribution is 6.12. The van der Waals surface area contributed by atoms with Crippen molar-refractivity contribution >= 4 is 11.8 Å². The SMILES string of the molecule is NC(=O)c1ccc(-c2ccccc2)c(C(N)=O)c1-c1ccccc1. The molecular formula is C20H16N2O2.